The minimum atomic E-state index is -0.989. The SMILES string of the molecule is CSc1ccc(-n2nnnc2Sc2ncc(C(=O)O)s2)cc1. The summed E-state index contributed by atoms with van der Waals surface area (Å²) in [6.07, 6.45) is 3.34. The first-order valence-corrected chi connectivity index (χ1v) is 8.83. The van der Waals surface area contributed by atoms with Crippen LogP contribution in [0.3, 0.4) is 0 Å². The van der Waals surface area contributed by atoms with Crippen LogP contribution in [-0.4, -0.2) is 42.5 Å². The predicted octanol–water partition coefficient (Wildman–Crippen LogP) is 2.69. The van der Waals surface area contributed by atoms with Crippen LogP contribution in [0.25, 0.3) is 5.69 Å². The number of hydrogen-bond acceptors (Lipinski definition) is 8. The molecule has 10 heteroatoms. The van der Waals surface area contributed by atoms with Crippen molar-refractivity contribution < 1.29 is 9.90 Å². The molecule has 3 aromatic rings. The fourth-order valence-electron chi connectivity index (χ4n) is 1.61. The highest BCUT2D eigenvalue weighted by atomic mass is 32.2. The van der Waals surface area contributed by atoms with Crippen LogP contribution in [0.5, 0.6) is 0 Å². The van der Waals surface area contributed by atoms with E-state index in [0.29, 0.717) is 9.50 Å². The molecule has 0 aliphatic heterocycles. The Kier molecular flexibility index (Phi) is 4.41. The Morgan fingerprint density at radius 1 is 1.32 bits per heavy atom. The maximum absolute atomic E-state index is 10.9. The van der Waals surface area contributed by atoms with Crippen LogP contribution in [0, 0.1) is 0 Å². The van der Waals surface area contributed by atoms with E-state index in [9.17, 15) is 4.79 Å². The third-order valence-electron chi connectivity index (χ3n) is 2.63. The highest BCUT2D eigenvalue weighted by Gasteiger charge is 2.14. The van der Waals surface area contributed by atoms with Crippen molar-refractivity contribution in [2.24, 2.45) is 0 Å². The van der Waals surface area contributed by atoms with Crippen molar-refractivity contribution in [1.82, 2.24) is 25.2 Å². The molecule has 0 radical (unpaired) electrons. The highest BCUT2D eigenvalue weighted by Crippen LogP contribution is 2.30. The number of nitrogens with zero attached hydrogens (tertiary/aromatic N) is 5. The summed E-state index contributed by atoms with van der Waals surface area (Å²) in [6, 6.07) is 7.83. The molecule has 0 amide bonds. The van der Waals surface area contributed by atoms with Crippen LogP contribution < -0.4 is 0 Å². The molecule has 112 valence electrons. The standard InChI is InChI=1S/C12H9N5O2S3/c1-20-8-4-2-7(3-5-8)17-11(14-15-16-17)22-12-13-6-9(21-12)10(18)19/h2-6H,1H3,(H,18,19). The van der Waals surface area contributed by atoms with Crippen LogP contribution in [0.2, 0.25) is 0 Å². The Balaban J connectivity index is 1.86. The van der Waals surface area contributed by atoms with E-state index in [0.717, 1.165) is 21.9 Å². The van der Waals surface area contributed by atoms with Gasteiger partial charge in [-0.1, -0.05) is 0 Å². The molecule has 22 heavy (non-hydrogen) atoms. The number of rotatable bonds is 5. The summed E-state index contributed by atoms with van der Waals surface area (Å²) < 4.78 is 2.17. The monoisotopic (exact) mass is 351 g/mol. The van der Waals surface area contributed by atoms with Crippen LogP contribution in [0.15, 0.2) is 44.9 Å². The second kappa shape index (κ2) is 6.46. The largest absolute Gasteiger partial charge is 0.477 e. The number of thioether (sulfide) groups is 1. The van der Waals surface area contributed by atoms with Gasteiger partial charge in [0.1, 0.15) is 4.88 Å². The normalized spacial score (nSPS) is 10.8. The van der Waals surface area contributed by atoms with E-state index in [1.807, 2.05) is 30.5 Å². The van der Waals surface area contributed by atoms with E-state index in [1.165, 1.54) is 18.0 Å². The number of aromatic carboxylic acids is 1. The van der Waals surface area contributed by atoms with Gasteiger partial charge in [-0.3, -0.25) is 0 Å². The van der Waals surface area contributed by atoms with Crippen molar-refractivity contribution in [1.29, 1.82) is 0 Å². The molecular weight excluding hydrogens is 342 g/mol. The van der Waals surface area contributed by atoms with Crippen LogP contribution in [0.4, 0.5) is 0 Å². The Bertz CT molecular complexity index is 799. The maximum atomic E-state index is 10.9. The Hall–Kier alpha value is -1.91. The van der Waals surface area contributed by atoms with Crippen molar-refractivity contribution in [2.75, 3.05) is 6.26 Å². The number of carbonyl (C=O) groups is 1. The molecular formula is C12H9N5O2S3. The zero-order chi connectivity index (χ0) is 15.5. The minimum absolute atomic E-state index is 0.186. The topological polar surface area (TPSA) is 93.8 Å². The Morgan fingerprint density at radius 3 is 2.73 bits per heavy atom. The second-order valence-corrected chi connectivity index (χ2v) is 7.09. The fraction of sp³-hybridized carbons (Fsp3) is 0.0833. The van der Waals surface area contributed by atoms with Gasteiger partial charge in [0.05, 0.1) is 11.9 Å². The first-order valence-electron chi connectivity index (χ1n) is 5.97. The van der Waals surface area contributed by atoms with Gasteiger partial charge in [0.2, 0.25) is 5.16 Å². The van der Waals surface area contributed by atoms with Crippen LogP contribution in [0.1, 0.15) is 9.67 Å². The zero-order valence-electron chi connectivity index (χ0n) is 11.2. The quantitative estimate of drug-likeness (QED) is 0.701. The molecule has 0 aliphatic carbocycles. The van der Waals surface area contributed by atoms with E-state index in [-0.39, 0.29) is 4.88 Å². The molecule has 0 spiro atoms. The summed E-state index contributed by atoms with van der Waals surface area (Å²) in [6.45, 7) is 0. The summed E-state index contributed by atoms with van der Waals surface area (Å²) in [5, 5.41) is 21.1. The number of aromatic nitrogens is 5. The average Bonchev–Trinajstić information content (AvgIpc) is 3.17. The van der Waals surface area contributed by atoms with Crippen molar-refractivity contribution >= 4 is 40.8 Å². The fourth-order valence-corrected chi connectivity index (χ4v) is 3.73. The third-order valence-corrected chi connectivity index (χ3v) is 5.37. The van der Waals surface area contributed by atoms with Gasteiger partial charge in [0.25, 0.3) is 0 Å². The molecule has 0 aliphatic rings. The lowest BCUT2D eigenvalue weighted by atomic mass is 10.3. The molecule has 0 atom stereocenters. The van der Waals surface area contributed by atoms with Gasteiger partial charge in [0, 0.05) is 4.90 Å². The number of carboxylic acids is 1. The van der Waals surface area contributed by atoms with Crippen molar-refractivity contribution in [3.63, 3.8) is 0 Å². The number of tetrazole rings is 1. The van der Waals surface area contributed by atoms with Crippen molar-refractivity contribution in [3.8, 4) is 5.69 Å². The number of hydrogen-bond donors (Lipinski definition) is 1. The molecule has 1 N–H and O–H groups in total. The molecule has 0 unspecified atom stereocenters. The van der Waals surface area contributed by atoms with E-state index < -0.39 is 5.97 Å². The van der Waals surface area contributed by atoms with Gasteiger partial charge in [-0.2, -0.15) is 4.68 Å². The first kappa shape index (κ1) is 15.0. The summed E-state index contributed by atoms with van der Waals surface area (Å²) >= 11 is 3.98. The second-order valence-electron chi connectivity index (χ2n) is 3.97. The average molecular weight is 351 g/mol. The van der Waals surface area contributed by atoms with Crippen molar-refractivity contribution in [3.05, 3.63) is 35.3 Å². The molecule has 0 saturated heterocycles. The van der Waals surface area contributed by atoms with Gasteiger partial charge < -0.3 is 5.11 Å². The molecule has 7 nitrogen and oxygen atoms in total. The first-order chi connectivity index (χ1) is 10.7. The highest BCUT2D eigenvalue weighted by molar-refractivity contribution is 8.00. The van der Waals surface area contributed by atoms with Crippen LogP contribution >= 0.6 is 34.9 Å². The lowest BCUT2D eigenvalue weighted by Crippen LogP contribution is -1.98. The van der Waals surface area contributed by atoms with Crippen LogP contribution in [-0.2, 0) is 0 Å². The molecule has 3 rings (SSSR count). The molecule has 0 fully saturated rings. The molecule has 2 heterocycles. The summed E-state index contributed by atoms with van der Waals surface area (Å²) in [5.74, 6) is -0.989. The Labute approximate surface area is 137 Å². The van der Waals surface area contributed by atoms with E-state index in [1.54, 1.807) is 16.4 Å². The van der Waals surface area contributed by atoms with Gasteiger partial charge in [0.15, 0.2) is 4.34 Å². The molecule has 0 bridgehead atoms. The third kappa shape index (κ3) is 3.13. The van der Waals surface area contributed by atoms with E-state index in [2.05, 4.69) is 20.5 Å². The lowest BCUT2D eigenvalue weighted by molar-refractivity contribution is 0.0702. The van der Waals surface area contributed by atoms with E-state index >= 15 is 0 Å². The van der Waals surface area contributed by atoms with Gasteiger partial charge >= 0.3 is 5.97 Å². The smallest absolute Gasteiger partial charge is 0.347 e. The summed E-state index contributed by atoms with van der Waals surface area (Å²) in [7, 11) is 0. The molecule has 1 aromatic carbocycles. The molecule has 0 saturated carbocycles. The number of benzene rings is 1. The lowest BCUT2D eigenvalue weighted by Gasteiger charge is -2.03. The van der Waals surface area contributed by atoms with Crippen molar-refractivity contribution in [2.45, 2.75) is 14.4 Å². The van der Waals surface area contributed by atoms with Gasteiger partial charge in [-0.15, -0.1) is 28.2 Å². The summed E-state index contributed by atoms with van der Waals surface area (Å²) in [4.78, 5) is 16.3. The maximum Gasteiger partial charge on any atom is 0.347 e. The van der Waals surface area contributed by atoms with E-state index in [4.69, 9.17) is 5.11 Å². The van der Waals surface area contributed by atoms with Gasteiger partial charge in [-0.05, 0) is 52.7 Å². The number of thiazole rings is 1. The number of carboxylic acid groups (broad SMARTS) is 1. The molecule has 2 aromatic heterocycles. The summed E-state index contributed by atoms with van der Waals surface area (Å²) in [5.41, 5.74) is 0.834. The minimum Gasteiger partial charge on any atom is -0.477 e. The predicted molar refractivity (Wildman–Crippen MR) is 84.1 cm³/mol. The van der Waals surface area contributed by atoms with Gasteiger partial charge in [-0.25, -0.2) is 9.78 Å². The zero-order valence-corrected chi connectivity index (χ0v) is 13.7. The Morgan fingerprint density at radius 2 is 2.09 bits per heavy atom.